The van der Waals surface area contributed by atoms with Gasteiger partial charge in [-0.05, 0) is 24.6 Å². The second kappa shape index (κ2) is 3.89. The van der Waals surface area contributed by atoms with E-state index < -0.39 is 5.82 Å². The summed E-state index contributed by atoms with van der Waals surface area (Å²) in [5, 5.41) is 29.8. The summed E-state index contributed by atoms with van der Waals surface area (Å²) in [5.41, 5.74) is 1.73. The maximum Gasteiger partial charge on any atom is 0.202 e. The van der Waals surface area contributed by atoms with Crippen molar-refractivity contribution in [2.24, 2.45) is 0 Å². The summed E-state index contributed by atoms with van der Waals surface area (Å²) in [7, 11) is 0. The molecule has 2 N–H and O–H groups in total. The lowest BCUT2D eigenvalue weighted by Gasteiger charge is -2.10. The summed E-state index contributed by atoms with van der Waals surface area (Å²) in [6, 6.07) is 5.67. The van der Waals surface area contributed by atoms with Crippen molar-refractivity contribution in [3.05, 3.63) is 52.9 Å². The minimum atomic E-state index is -0.623. The zero-order valence-electron chi connectivity index (χ0n) is 10.9. The highest BCUT2D eigenvalue weighted by Gasteiger charge is 2.41. The average Bonchev–Trinajstić information content (AvgIpc) is 3.14. The smallest absolute Gasteiger partial charge is 0.202 e. The van der Waals surface area contributed by atoms with Crippen LogP contribution in [0.15, 0.2) is 30.4 Å². The van der Waals surface area contributed by atoms with Crippen LogP contribution in [-0.2, 0) is 0 Å². The largest absolute Gasteiger partial charge is 0.494 e. The number of hydrogen-bond acceptors (Lipinski definition) is 3. The summed E-state index contributed by atoms with van der Waals surface area (Å²) < 4.78 is 14.7. The van der Waals surface area contributed by atoms with Crippen LogP contribution in [0.3, 0.4) is 0 Å². The van der Waals surface area contributed by atoms with Crippen molar-refractivity contribution in [2.45, 2.75) is 18.3 Å². The molecule has 2 aliphatic rings. The van der Waals surface area contributed by atoms with Crippen molar-refractivity contribution < 1.29 is 14.6 Å². The number of nitriles is 1. The van der Waals surface area contributed by atoms with Crippen molar-refractivity contribution in [1.29, 1.82) is 5.26 Å². The van der Waals surface area contributed by atoms with E-state index in [-0.39, 0.29) is 29.2 Å². The highest BCUT2D eigenvalue weighted by atomic mass is 19.1. The third-order valence-electron chi connectivity index (χ3n) is 4.35. The van der Waals surface area contributed by atoms with Crippen LogP contribution >= 0.6 is 0 Å². The molecule has 0 spiro atoms. The zero-order chi connectivity index (χ0) is 14.7. The molecule has 4 nitrogen and oxygen atoms in total. The van der Waals surface area contributed by atoms with Gasteiger partial charge in [0.05, 0.1) is 11.3 Å². The van der Waals surface area contributed by atoms with E-state index in [4.69, 9.17) is 5.26 Å². The first-order valence-corrected chi connectivity index (χ1v) is 6.66. The third kappa shape index (κ3) is 1.42. The molecule has 21 heavy (non-hydrogen) atoms. The molecule has 0 saturated heterocycles. The molecule has 2 bridgehead atoms. The Bertz CT molecular complexity index is 809. The number of aromatic hydroxyl groups is 2. The Morgan fingerprint density at radius 2 is 1.76 bits per heavy atom. The molecular formula is C16H11FN2O2. The molecule has 0 fully saturated rings. The molecule has 2 aliphatic carbocycles. The molecule has 0 saturated carbocycles. The molecule has 1 aromatic carbocycles. The first kappa shape index (κ1) is 12.0. The van der Waals surface area contributed by atoms with Crippen molar-refractivity contribution in [3.8, 4) is 23.5 Å². The Kier molecular flexibility index (Phi) is 2.23. The SMILES string of the molecule is N#Cc1cc(-n2c(O)c3c(c2O)[C@H]2C=C[C@@H]3C2)ccc1F. The average molecular weight is 282 g/mol. The Morgan fingerprint density at radius 1 is 1.14 bits per heavy atom. The number of nitrogens with zero attached hydrogens (tertiary/aromatic N) is 2. The predicted molar refractivity (Wildman–Crippen MR) is 73.0 cm³/mol. The van der Waals surface area contributed by atoms with Crippen LogP contribution in [0.1, 0.15) is 34.9 Å². The third-order valence-corrected chi connectivity index (χ3v) is 4.35. The molecule has 1 heterocycles. The van der Waals surface area contributed by atoms with Gasteiger partial charge >= 0.3 is 0 Å². The Hall–Kier alpha value is -2.74. The molecule has 0 aliphatic heterocycles. The number of allylic oxidation sites excluding steroid dienone is 2. The minimum Gasteiger partial charge on any atom is -0.494 e. The second-order valence-corrected chi connectivity index (χ2v) is 5.42. The molecule has 0 radical (unpaired) electrons. The van der Waals surface area contributed by atoms with Crippen LogP contribution in [0.2, 0.25) is 0 Å². The standard InChI is InChI=1S/C16H11FN2O2/c17-12-4-3-11(6-10(12)7-18)19-15(20)13-8-1-2-9(5-8)14(13)16(19)21/h1-4,6,8-9,20-21H,5H2/t8-,9+. The molecular weight excluding hydrogens is 271 g/mol. The van der Waals surface area contributed by atoms with Crippen LogP contribution in [0.25, 0.3) is 5.69 Å². The van der Waals surface area contributed by atoms with Crippen LogP contribution < -0.4 is 0 Å². The van der Waals surface area contributed by atoms with Gasteiger partial charge in [-0.1, -0.05) is 12.2 Å². The zero-order valence-corrected chi connectivity index (χ0v) is 10.9. The Morgan fingerprint density at radius 3 is 2.33 bits per heavy atom. The van der Waals surface area contributed by atoms with Gasteiger partial charge in [0.15, 0.2) is 0 Å². The molecule has 104 valence electrons. The first-order valence-electron chi connectivity index (χ1n) is 6.66. The highest BCUT2D eigenvalue weighted by molar-refractivity contribution is 5.62. The number of rotatable bonds is 1. The Balaban J connectivity index is 1.94. The number of aromatic nitrogens is 1. The summed E-state index contributed by atoms with van der Waals surface area (Å²) in [5.74, 6) is -0.451. The van der Waals surface area contributed by atoms with E-state index in [0.29, 0.717) is 5.69 Å². The molecule has 4 rings (SSSR count). The van der Waals surface area contributed by atoms with Gasteiger partial charge in [0.2, 0.25) is 11.8 Å². The van der Waals surface area contributed by atoms with E-state index in [1.165, 1.54) is 16.7 Å². The van der Waals surface area contributed by atoms with Crippen LogP contribution in [0.5, 0.6) is 11.8 Å². The van der Waals surface area contributed by atoms with E-state index >= 15 is 0 Å². The monoisotopic (exact) mass is 282 g/mol. The van der Waals surface area contributed by atoms with Crippen molar-refractivity contribution in [2.75, 3.05) is 0 Å². The number of fused-ring (bicyclic) bond motifs is 5. The van der Waals surface area contributed by atoms with Crippen molar-refractivity contribution in [3.63, 3.8) is 0 Å². The quantitative estimate of drug-likeness (QED) is 0.790. The van der Waals surface area contributed by atoms with E-state index in [1.54, 1.807) is 6.07 Å². The van der Waals surface area contributed by atoms with E-state index in [0.717, 1.165) is 23.6 Å². The summed E-state index contributed by atoms with van der Waals surface area (Å²) >= 11 is 0. The van der Waals surface area contributed by atoms with Crippen LogP contribution in [-0.4, -0.2) is 14.8 Å². The summed E-state index contributed by atoms with van der Waals surface area (Å²) in [6.07, 6.45) is 4.93. The summed E-state index contributed by atoms with van der Waals surface area (Å²) in [4.78, 5) is 0. The van der Waals surface area contributed by atoms with Crippen LogP contribution in [0, 0.1) is 17.1 Å². The molecule has 2 atom stereocenters. The van der Waals surface area contributed by atoms with Gasteiger partial charge in [-0.25, -0.2) is 4.39 Å². The van der Waals surface area contributed by atoms with Gasteiger partial charge in [0, 0.05) is 23.0 Å². The maximum absolute atomic E-state index is 13.4. The number of hydrogen-bond donors (Lipinski definition) is 2. The van der Waals surface area contributed by atoms with Crippen LogP contribution in [0.4, 0.5) is 4.39 Å². The lowest BCUT2D eigenvalue weighted by Crippen LogP contribution is -1.97. The summed E-state index contributed by atoms with van der Waals surface area (Å²) in [6.45, 7) is 0. The fourth-order valence-corrected chi connectivity index (χ4v) is 3.42. The fourth-order valence-electron chi connectivity index (χ4n) is 3.42. The molecule has 0 unspecified atom stereocenters. The lowest BCUT2D eigenvalue weighted by atomic mass is 10.0. The van der Waals surface area contributed by atoms with E-state index in [1.807, 2.05) is 12.2 Å². The van der Waals surface area contributed by atoms with Crippen molar-refractivity contribution >= 4 is 0 Å². The van der Waals surface area contributed by atoms with Gasteiger partial charge in [-0.2, -0.15) is 5.26 Å². The maximum atomic E-state index is 13.4. The van der Waals surface area contributed by atoms with Gasteiger partial charge in [-0.3, -0.25) is 4.57 Å². The molecule has 2 aromatic rings. The van der Waals surface area contributed by atoms with Gasteiger partial charge in [-0.15, -0.1) is 0 Å². The number of benzene rings is 1. The van der Waals surface area contributed by atoms with E-state index in [9.17, 15) is 14.6 Å². The van der Waals surface area contributed by atoms with Crippen molar-refractivity contribution in [1.82, 2.24) is 4.57 Å². The van der Waals surface area contributed by atoms with E-state index in [2.05, 4.69) is 0 Å². The Labute approximate surface area is 120 Å². The highest BCUT2D eigenvalue weighted by Crippen LogP contribution is 2.57. The first-order chi connectivity index (χ1) is 10.1. The van der Waals surface area contributed by atoms with Gasteiger partial charge in [0.25, 0.3) is 0 Å². The molecule has 5 heteroatoms. The van der Waals surface area contributed by atoms with Gasteiger partial charge < -0.3 is 10.2 Å². The topological polar surface area (TPSA) is 69.2 Å². The number of halogens is 1. The molecule has 0 amide bonds. The predicted octanol–water partition coefficient (Wildman–Crippen LogP) is 3.04. The fraction of sp³-hybridized carbons (Fsp3) is 0.188. The lowest BCUT2D eigenvalue weighted by molar-refractivity contribution is 0.395. The second-order valence-electron chi connectivity index (χ2n) is 5.42. The van der Waals surface area contributed by atoms with Gasteiger partial charge in [0.1, 0.15) is 11.9 Å². The normalized spacial score (nSPS) is 21.5. The minimum absolute atomic E-state index is 0.0325. The molecule has 1 aromatic heterocycles.